The van der Waals surface area contributed by atoms with Gasteiger partial charge in [0.1, 0.15) is 0 Å². The van der Waals surface area contributed by atoms with Crippen LogP contribution in [0.25, 0.3) is 0 Å². The lowest BCUT2D eigenvalue weighted by atomic mass is 10.1. The van der Waals surface area contributed by atoms with Gasteiger partial charge in [-0.15, -0.1) is 0 Å². The molecule has 0 heterocycles. The summed E-state index contributed by atoms with van der Waals surface area (Å²) in [5.74, 6) is 0.473. The first-order valence-electron chi connectivity index (χ1n) is 5.36. The van der Waals surface area contributed by atoms with Crippen molar-refractivity contribution in [3.05, 3.63) is 0 Å². The highest BCUT2D eigenvalue weighted by atomic mass is 16.5. The summed E-state index contributed by atoms with van der Waals surface area (Å²) >= 11 is 0. The molecule has 0 N–H and O–H groups in total. The maximum atomic E-state index is 11.1. The summed E-state index contributed by atoms with van der Waals surface area (Å²) in [5.41, 5.74) is 0. The van der Waals surface area contributed by atoms with E-state index in [0.29, 0.717) is 18.9 Å². The third-order valence-electron chi connectivity index (χ3n) is 2.04. The first kappa shape index (κ1) is 12.5. The molecule has 2 nitrogen and oxygen atoms in total. The SMILES string of the molecule is CCCCC(=O)OC[C@@H](C)CCC. The van der Waals surface area contributed by atoms with Crippen molar-refractivity contribution in [2.75, 3.05) is 6.61 Å². The predicted octanol–water partition coefficient (Wildman–Crippen LogP) is 3.16. The highest BCUT2D eigenvalue weighted by Crippen LogP contribution is 2.06. The van der Waals surface area contributed by atoms with E-state index in [4.69, 9.17) is 4.74 Å². The van der Waals surface area contributed by atoms with Crippen LogP contribution in [0.4, 0.5) is 0 Å². The minimum Gasteiger partial charge on any atom is -0.465 e. The molecule has 0 aromatic heterocycles. The summed E-state index contributed by atoms with van der Waals surface area (Å²) in [6, 6.07) is 0. The highest BCUT2D eigenvalue weighted by molar-refractivity contribution is 5.69. The molecule has 0 aromatic rings. The average molecular weight is 186 g/mol. The van der Waals surface area contributed by atoms with E-state index in [-0.39, 0.29) is 5.97 Å². The smallest absolute Gasteiger partial charge is 0.305 e. The van der Waals surface area contributed by atoms with Gasteiger partial charge in [0, 0.05) is 6.42 Å². The molecule has 0 aliphatic carbocycles. The van der Waals surface area contributed by atoms with Crippen molar-refractivity contribution in [1.82, 2.24) is 0 Å². The molecule has 0 rings (SSSR count). The number of esters is 1. The lowest BCUT2D eigenvalue weighted by Crippen LogP contribution is -2.11. The van der Waals surface area contributed by atoms with E-state index in [0.717, 1.165) is 25.7 Å². The van der Waals surface area contributed by atoms with Gasteiger partial charge in [-0.05, 0) is 18.8 Å². The van der Waals surface area contributed by atoms with Crippen molar-refractivity contribution in [3.8, 4) is 0 Å². The second-order valence-corrected chi connectivity index (χ2v) is 3.68. The number of rotatable bonds is 7. The Balaban J connectivity index is 3.34. The molecule has 13 heavy (non-hydrogen) atoms. The highest BCUT2D eigenvalue weighted by Gasteiger charge is 2.05. The van der Waals surface area contributed by atoms with Gasteiger partial charge in [0.25, 0.3) is 0 Å². The van der Waals surface area contributed by atoms with Gasteiger partial charge >= 0.3 is 5.97 Å². The fourth-order valence-corrected chi connectivity index (χ4v) is 1.20. The van der Waals surface area contributed by atoms with E-state index < -0.39 is 0 Å². The molecular formula is C11H22O2. The van der Waals surface area contributed by atoms with Crippen LogP contribution in [-0.4, -0.2) is 12.6 Å². The van der Waals surface area contributed by atoms with Crippen LogP contribution >= 0.6 is 0 Å². The summed E-state index contributed by atoms with van der Waals surface area (Å²) in [6.07, 6.45) is 4.88. The summed E-state index contributed by atoms with van der Waals surface area (Å²) in [5, 5.41) is 0. The number of hydrogen-bond acceptors (Lipinski definition) is 2. The molecule has 1 atom stereocenters. The van der Waals surface area contributed by atoms with Gasteiger partial charge in [0.05, 0.1) is 6.61 Å². The van der Waals surface area contributed by atoms with Crippen LogP contribution in [0.15, 0.2) is 0 Å². The topological polar surface area (TPSA) is 26.3 Å². The standard InChI is InChI=1S/C11H22O2/c1-4-6-8-11(12)13-9-10(3)7-5-2/h10H,4-9H2,1-3H3/t10-/m0/s1. The molecule has 0 saturated carbocycles. The maximum Gasteiger partial charge on any atom is 0.305 e. The number of carbonyl (C=O) groups excluding carboxylic acids is 1. The minimum absolute atomic E-state index is 0.0372. The summed E-state index contributed by atoms with van der Waals surface area (Å²) in [4.78, 5) is 11.1. The van der Waals surface area contributed by atoms with Crippen LogP contribution in [0.3, 0.4) is 0 Å². The monoisotopic (exact) mass is 186 g/mol. The lowest BCUT2D eigenvalue weighted by molar-refractivity contribution is -0.145. The van der Waals surface area contributed by atoms with E-state index in [1.54, 1.807) is 0 Å². The molecule has 0 aliphatic rings. The molecule has 0 amide bonds. The van der Waals surface area contributed by atoms with E-state index in [1.165, 1.54) is 0 Å². The summed E-state index contributed by atoms with van der Waals surface area (Å²) in [7, 11) is 0. The van der Waals surface area contributed by atoms with Crippen molar-refractivity contribution in [3.63, 3.8) is 0 Å². The Morgan fingerprint density at radius 3 is 2.54 bits per heavy atom. The quantitative estimate of drug-likeness (QED) is 0.571. The van der Waals surface area contributed by atoms with Crippen molar-refractivity contribution < 1.29 is 9.53 Å². The van der Waals surface area contributed by atoms with E-state index in [2.05, 4.69) is 20.8 Å². The Morgan fingerprint density at radius 1 is 1.31 bits per heavy atom. The van der Waals surface area contributed by atoms with Crippen LogP contribution < -0.4 is 0 Å². The van der Waals surface area contributed by atoms with Crippen molar-refractivity contribution in [2.24, 2.45) is 5.92 Å². The number of hydrogen-bond donors (Lipinski definition) is 0. The van der Waals surface area contributed by atoms with Gasteiger partial charge in [-0.2, -0.15) is 0 Å². The van der Waals surface area contributed by atoms with E-state index >= 15 is 0 Å². The number of ether oxygens (including phenoxy) is 1. The van der Waals surface area contributed by atoms with Gasteiger partial charge < -0.3 is 4.74 Å². The fraction of sp³-hybridized carbons (Fsp3) is 0.909. The third kappa shape index (κ3) is 7.82. The van der Waals surface area contributed by atoms with Gasteiger partial charge in [0.2, 0.25) is 0 Å². The second-order valence-electron chi connectivity index (χ2n) is 3.68. The minimum atomic E-state index is -0.0372. The Labute approximate surface area is 81.7 Å². The number of unbranched alkanes of at least 4 members (excludes halogenated alkanes) is 1. The lowest BCUT2D eigenvalue weighted by Gasteiger charge is -2.10. The molecule has 2 heteroatoms. The molecule has 0 aromatic carbocycles. The zero-order valence-corrected chi connectivity index (χ0v) is 9.14. The zero-order chi connectivity index (χ0) is 10.1. The van der Waals surface area contributed by atoms with Gasteiger partial charge in [0.15, 0.2) is 0 Å². The van der Waals surface area contributed by atoms with E-state index in [1.807, 2.05) is 0 Å². The maximum absolute atomic E-state index is 11.1. The summed E-state index contributed by atoms with van der Waals surface area (Å²) in [6.45, 7) is 6.94. The Hall–Kier alpha value is -0.530. The van der Waals surface area contributed by atoms with Crippen LogP contribution in [0.2, 0.25) is 0 Å². The van der Waals surface area contributed by atoms with Gasteiger partial charge in [-0.1, -0.05) is 33.6 Å². The fourth-order valence-electron chi connectivity index (χ4n) is 1.20. The van der Waals surface area contributed by atoms with Gasteiger partial charge in [-0.3, -0.25) is 4.79 Å². The molecule has 0 bridgehead atoms. The Kier molecular flexibility index (Phi) is 7.76. The van der Waals surface area contributed by atoms with Crippen molar-refractivity contribution in [1.29, 1.82) is 0 Å². The first-order valence-corrected chi connectivity index (χ1v) is 5.36. The molecule has 0 aliphatic heterocycles. The normalized spacial score (nSPS) is 12.5. The molecule has 78 valence electrons. The Bertz CT molecular complexity index is 132. The first-order chi connectivity index (χ1) is 6.20. The second kappa shape index (κ2) is 8.09. The molecule has 0 fully saturated rings. The van der Waals surface area contributed by atoms with Gasteiger partial charge in [-0.25, -0.2) is 0 Å². The van der Waals surface area contributed by atoms with Crippen LogP contribution in [0.5, 0.6) is 0 Å². The van der Waals surface area contributed by atoms with Crippen molar-refractivity contribution in [2.45, 2.75) is 52.9 Å². The van der Waals surface area contributed by atoms with Crippen molar-refractivity contribution >= 4 is 5.97 Å². The molecule has 0 radical (unpaired) electrons. The summed E-state index contributed by atoms with van der Waals surface area (Å²) < 4.78 is 5.12. The van der Waals surface area contributed by atoms with Crippen LogP contribution in [0.1, 0.15) is 52.9 Å². The average Bonchev–Trinajstić information content (AvgIpc) is 2.12. The Morgan fingerprint density at radius 2 is 2.00 bits per heavy atom. The van der Waals surface area contributed by atoms with Crippen LogP contribution in [-0.2, 0) is 9.53 Å². The van der Waals surface area contributed by atoms with Crippen LogP contribution in [0, 0.1) is 5.92 Å². The molecule has 0 spiro atoms. The molecule has 0 unspecified atom stereocenters. The number of carbonyl (C=O) groups is 1. The predicted molar refractivity (Wildman–Crippen MR) is 54.6 cm³/mol. The van der Waals surface area contributed by atoms with E-state index in [9.17, 15) is 4.79 Å². The molecular weight excluding hydrogens is 164 g/mol. The zero-order valence-electron chi connectivity index (χ0n) is 9.14. The largest absolute Gasteiger partial charge is 0.465 e. The molecule has 0 saturated heterocycles. The third-order valence-corrected chi connectivity index (χ3v) is 2.04.